The summed E-state index contributed by atoms with van der Waals surface area (Å²) in [5, 5.41) is 7.93. The van der Waals surface area contributed by atoms with Crippen molar-refractivity contribution < 1.29 is 0 Å². The number of halogens is 1. The molecule has 0 amide bonds. The van der Waals surface area contributed by atoms with Crippen LogP contribution in [0.4, 0.5) is 5.82 Å². The first-order valence-electron chi connectivity index (χ1n) is 9.48. The van der Waals surface area contributed by atoms with Crippen LogP contribution in [-0.4, -0.2) is 44.3 Å². The highest BCUT2D eigenvalue weighted by molar-refractivity contribution is 6.33. The molecule has 7 nitrogen and oxygen atoms in total. The zero-order chi connectivity index (χ0) is 18.4. The molecule has 1 aliphatic heterocycles. The van der Waals surface area contributed by atoms with Crippen LogP contribution < -0.4 is 10.6 Å². The van der Waals surface area contributed by atoms with Crippen LogP contribution in [0.3, 0.4) is 0 Å². The number of aromatic amines is 1. The van der Waals surface area contributed by atoms with Crippen LogP contribution in [0.15, 0.2) is 24.7 Å². The smallest absolute Gasteiger partial charge is 0.202 e. The van der Waals surface area contributed by atoms with Gasteiger partial charge in [-0.1, -0.05) is 18.0 Å². The molecule has 1 saturated heterocycles. The molecule has 3 N–H and O–H groups in total. The maximum atomic E-state index is 6.40. The number of hydrogen-bond acceptors (Lipinski definition) is 6. The Hall–Kier alpha value is -2.25. The molecule has 1 aliphatic carbocycles. The lowest BCUT2D eigenvalue weighted by atomic mass is 9.74. The van der Waals surface area contributed by atoms with E-state index in [1.165, 1.54) is 19.3 Å². The summed E-state index contributed by atoms with van der Waals surface area (Å²) in [6.45, 7) is 1.95. The Labute approximate surface area is 162 Å². The first-order valence-corrected chi connectivity index (χ1v) is 9.86. The van der Waals surface area contributed by atoms with E-state index >= 15 is 0 Å². The van der Waals surface area contributed by atoms with Crippen molar-refractivity contribution in [2.75, 3.05) is 18.0 Å². The molecule has 140 valence electrons. The van der Waals surface area contributed by atoms with Gasteiger partial charge in [0.1, 0.15) is 11.3 Å². The molecule has 0 unspecified atom stereocenters. The maximum Gasteiger partial charge on any atom is 0.202 e. The van der Waals surface area contributed by atoms with Gasteiger partial charge in [-0.15, -0.1) is 0 Å². The van der Waals surface area contributed by atoms with E-state index in [2.05, 4.69) is 25.1 Å². The number of anilines is 1. The van der Waals surface area contributed by atoms with Crippen LogP contribution >= 0.6 is 11.6 Å². The number of nitrogens with two attached hydrogens (primary N) is 1. The monoisotopic (exact) mass is 383 g/mol. The third kappa shape index (κ3) is 2.76. The van der Waals surface area contributed by atoms with E-state index in [9.17, 15) is 0 Å². The molecule has 0 aromatic carbocycles. The van der Waals surface area contributed by atoms with E-state index in [0.29, 0.717) is 22.1 Å². The lowest BCUT2D eigenvalue weighted by Gasteiger charge is -2.42. The number of pyridine rings is 1. The minimum Gasteiger partial charge on any atom is -0.355 e. The molecule has 1 atom stereocenters. The Morgan fingerprint density at radius 2 is 2.07 bits per heavy atom. The fraction of sp³-hybridized carbons (Fsp3) is 0.474. The quantitative estimate of drug-likeness (QED) is 0.705. The fourth-order valence-corrected chi connectivity index (χ4v) is 4.89. The number of nitrogens with zero attached hydrogens (tertiary/aromatic N) is 5. The van der Waals surface area contributed by atoms with E-state index in [-0.39, 0.29) is 0 Å². The van der Waals surface area contributed by atoms with Crippen LogP contribution in [0.5, 0.6) is 0 Å². The fourth-order valence-electron chi connectivity index (χ4n) is 4.67. The predicted octanol–water partition coefficient (Wildman–Crippen LogP) is 3.17. The van der Waals surface area contributed by atoms with Crippen LogP contribution in [0.1, 0.15) is 32.1 Å². The highest BCUT2D eigenvalue weighted by Crippen LogP contribution is 2.45. The molecule has 1 spiro atoms. The van der Waals surface area contributed by atoms with Gasteiger partial charge in [-0.05, 0) is 37.2 Å². The zero-order valence-corrected chi connectivity index (χ0v) is 15.8. The summed E-state index contributed by atoms with van der Waals surface area (Å²) < 4.78 is 0. The van der Waals surface area contributed by atoms with Gasteiger partial charge in [-0.25, -0.2) is 9.97 Å². The third-order valence-corrected chi connectivity index (χ3v) is 6.65. The van der Waals surface area contributed by atoms with Crippen molar-refractivity contribution in [3.05, 3.63) is 29.7 Å². The second kappa shape index (κ2) is 6.42. The molecule has 1 saturated carbocycles. The predicted molar refractivity (Wildman–Crippen MR) is 106 cm³/mol. The van der Waals surface area contributed by atoms with Gasteiger partial charge in [-0.2, -0.15) is 5.10 Å². The van der Waals surface area contributed by atoms with Gasteiger partial charge in [0.05, 0.1) is 16.9 Å². The molecule has 2 fully saturated rings. The minimum atomic E-state index is 0.339. The van der Waals surface area contributed by atoms with Gasteiger partial charge in [-0.3, -0.25) is 10.1 Å². The first kappa shape index (κ1) is 16.9. The first-order chi connectivity index (χ1) is 13.2. The highest BCUT2D eigenvalue weighted by atomic mass is 35.5. The van der Waals surface area contributed by atoms with E-state index in [4.69, 9.17) is 22.3 Å². The van der Waals surface area contributed by atoms with Gasteiger partial charge < -0.3 is 10.6 Å². The van der Waals surface area contributed by atoms with Crippen LogP contribution in [0.2, 0.25) is 5.02 Å². The maximum absolute atomic E-state index is 6.40. The molecule has 27 heavy (non-hydrogen) atoms. The topological polar surface area (TPSA) is 96.6 Å². The minimum absolute atomic E-state index is 0.339. The largest absolute Gasteiger partial charge is 0.355 e. The van der Waals surface area contributed by atoms with Crippen molar-refractivity contribution in [2.24, 2.45) is 11.1 Å². The molecule has 8 heteroatoms. The average molecular weight is 384 g/mol. The van der Waals surface area contributed by atoms with Crippen LogP contribution in [0.25, 0.3) is 22.4 Å². The SMILES string of the molecule is N[C@@H]1CCCC12CCN(c1cnc3c(-c4ccncc4Cl)[nH]nc3n1)CC2. The summed E-state index contributed by atoms with van der Waals surface area (Å²) >= 11 is 6.26. The van der Waals surface area contributed by atoms with Crippen molar-refractivity contribution in [1.29, 1.82) is 0 Å². The summed E-state index contributed by atoms with van der Waals surface area (Å²) in [6.07, 6.45) is 11.1. The Kier molecular flexibility index (Phi) is 4.02. The summed E-state index contributed by atoms with van der Waals surface area (Å²) in [7, 11) is 0. The Balaban J connectivity index is 1.41. The van der Waals surface area contributed by atoms with Crippen molar-refractivity contribution >= 4 is 28.6 Å². The normalized spacial score (nSPS) is 22.0. The molecule has 2 aliphatic rings. The third-order valence-electron chi connectivity index (χ3n) is 6.35. The van der Waals surface area contributed by atoms with Crippen LogP contribution in [0, 0.1) is 5.41 Å². The van der Waals surface area contributed by atoms with Gasteiger partial charge >= 0.3 is 0 Å². The van der Waals surface area contributed by atoms with Crippen LogP contribution in [-0.2, 0) is 0 Å². The van der Waals surface area contributed by atoms with E-state index in [0.717, 1.165) is 48.5 Å². The Morgan fingerprint density at radius 3 is 2.81 bits per heavy atom. The molecular formula is C19H22ClN7. The van der Waals surface area contributed by atoms with E-state index < -0.39 is 0 Å². The van der Waals surface area contributed by atoms with E-state index in [1.54, 1.807) is 12.4 Å². The summed E-state index contributed by atoms with van der Waals surface area (Å²) in [6, 6.07) is 2.20. The lowest BCUT2D eigenvalue weighted by molar-refractivity contribution is 0.197. The number of H-pyrrole nitrogens is 1. The highest BCUT2D eigenvalue weighted by Gasteiger charge is 2.43. The number of rotatable bonds is 2. The Morgan fingerprint density at radius 1 is 1.22 bits per heavy atom. The second-order valence-corrected chi connectivity index (χ2v) is 8.11. The van der Waals surface area contributed by atoms with E-state index in [1.807, 2.05) is 12.3 Å². The number of nitrogens with one attached hydrogen (secondary N) is 1. The molecule has 0 radical (unpaired) electrons. The van der Waals surface area contributed by atoms with Crippen molar-refractivity contribution in [3.8, 4) is 11.3 Å². The lowest BCUT2D eigenvalue weighted by Crippen LogP contribution is -2.47. The molecule has 4 heterocycles. The molecule has 5 rings (SSSR count). The summed E-state index contributed by atoms with van der Waals surface area (Å²) in [4.78, 5) is 15.7. The van der Waals surface area contributed by atoms with Gasteiger partial charge in [0.15, 0.2) is 0 Å². The summed E-state index contributed by atoms with van der Waals surface area (Å²) in [5.74, 6) is 0.878. The van der Waals surface area contributed by atoms with Crippen molar-refractivity contribution in [3.63, 3.8) is 0 Å². The van der Waals surface area contributed by atoms with Crippen molar-refractivity contribution in [1.82, 2.24) is 25.1 Å². The molecule has 3 aromatic rings. The van der Waals surface area contributed by atoms with Gasteiger partial charge in [0.25, 0.3) is 0 Å². The van der Waals surface area contributed by atoms with Gasteiger partial charge in [0, 0.05) is 37.1 Å². The Bertz CT molecular complexity index is 977. The number of fused-ring (bicyclic) bond motifs is 1. The number of aromatic nitrogens is 5. The second-order valence-electron chi connectivity index (χ2n) is 7.70. The molecular weight excluding hydrogens is 362 g/mol. The van der Waals surface area contributed by atoms with Gasteiger partial charge in [0.2, 0.25) is 5.65 Å². The molecule has 0 bridgehead atoms. The molecule has 3 aromatic heterocycles. The van der Waals surface area contributed by atoms with Crippen molar-refractivity contribution in [2.45, 2.75) is 38.1 Å². The summed E-state index contributed by atoms with van der Waals surface area (Å²) in [5.41, 5.74) is 9.66. The number of piperidine rings is 1. The standard InChI is InChI=1S/C19H22ClN7/c20-13-10-22-7-3-12(13)16-17-18(26-25-16)24-15(11-23-17)27-8-5-19(6-9-27)4-1-2-14(19)21/h3,7,10-11,14H,1-2,4-6,8-9,21H2,(H,24,25,26)/t14-/m1/s1. The number of hydrogen-bond donors (Lipinski definition) is 2. The zero-order valence-electron chi connectivity index (χ0n) is 15.0. The average Bonchev–Trinajstić information content (AvgIpc) is 3.26.